The SMILES string of the molecule is N#Cc1ccc(-n2ccnc2)c(NC(=O)c2cnc(-c3ccccc3)s2)c1. The third kappa shape index (κ3) is 3.47. The van der Waals surface area contributed by atoms with Crippen LogP contribution in [0.2, 0.25) is 0 Å². The molecule has 130 valence electrons. The predicted molar refractivity (Wildman–Crippen MR) is 104 cm³/mol. The minimum absolute atomic E-state index is 0.272. The number of rotatable bonds is 4. The fourth-order valence-electron chi connectivity index (χ4n) is 2.61. The number of nitrogens with zero attached hydrogens (tertiary/aromatic N) is 4. The van der Waals surface area contributed by atoms with Crippen molar-refractivity contribution in [2.24, 2.45) is 0 Å². The van der Waals surface area contributed by atoms with E-state index in [0.29, 0.717) is 16.1 Å². The second-order valence-corrected chi connectivity index (χ2v) is 6.69. The molecule has 0 bridgehead atoms. The summed E-state index contributed by atoms with van der Waals surface area (Å²) in [5.74, 6) is -0.272. The molecule has 0 radical (unpaired) electrons. The normalized spacial score (nSPS) is 10.3. The average Bonchev–Trinajstić information content (AvgIpc) is 3.41. The number of thiazole rings is 1. The van der Waals surface area contributed by atoms with E-state index in [4.69, 9.17) is 0 Å². The van der Waals surface area contributed by atoms with E-state index < -0.39 is 0 Å². The Balaban J connectivity index is 1.64. The smallest absolute Gasteiger partial charge is 0.267 e. The van der Waals surface area contributed by atoms with E-state index >= 15 is 0 Å². The van der Waals surface area contributed by atoms with Gasteiger partial charge < -0.3 is 9.88 Å². The number of hydrogen-bond acceptors (Lipinski definition) is 5. The van der Waals surface area contributed by atoms with Gasteiger partial charge in [-0.15, -0.1) is 11.3 Å². The third-order valence-corrected chi connectivity index (χ3v) is 4.95. The van der Waals surface area contributed by atoms with Crippen LogP contribution in [0.1, 0.15) is 15.2 Å². The molecule has 0 aliphatic rings. The lowest BCUT2D eigenvalue weighted by molar-refractivity contribution is 0.103. The van der Waals surface area contributed by atoms with E-state index in [0.717, 1.165) is 16.3 Å². The monoisotopic (exact) mass is 371 g/mol. The van der Waals surface area contributed by atoms with E-state index in [9.17, 15) is 10.1 Å². The second-order valence-electron chi connectivity index (χ2n) is 5.66. The first kappa shape index (κ1) is 16.7. The number of imidazole rings is 1. The molecule has 0 saturated heterocycles. The van der Waals surface area contributed by atoms with E-state index in [1.165, 1.54) is 11.3 Å². The summed E-state index contributed by atoms with van der Waals surface area (Å²) in [5, 5.41) is 12.8. The summed E-state index contributed by atoms with van der Waals surface area (Å²) in [7, 11) is 0. The van der Waals surface area contributed by atoms with Gasteiger partial charge in [0.05, 0.1) is 35.5 Å². The van der Waals surface area contributed by atoms with Gasteiger partial charge in [0.15, 0.2) is 0 Å². The van der Waals surface area contributed by atoms with Crippen LogP contribution >= 0.6 is 11.3 Å². The Labute approximate surface area is 159 Å². The zero-order valence-electron chi connectivity index (χ0n) is 14.0. The molecule has 0 atom stereocenters. The van der Waals surface area contributed by atoms with Gasteiger partial charge >= 0.3 is 0 Å². The van der Waals surface area contributed by atoms with Crippen molar-refractivity contribution in [3.63, 3.8) is 0 Å². The van der Waals surface area contributed by atoms with Crippen LogP contribution in [0.15, 0.2) is 73.4 Å². The molecule has 2 aromatic carbocycles. The molecule has 1 N–H and O–H groups in total. The minimum Gasteiger partial charge on any atom is -0.319 e. The number of anilines is 1. The molecule has 1 amide bonds. The maximum absolute atomic E-state index is 12.7. The number of amides is 1. The number of benzene rings is 2. The fraction of sp³-hybridized carbons (Fsp3) is 0. The van der Waals surface area contributed by atoms with Gasteiger partial charge in [-0.25, -0.2) is 9.97 Å². The van der Waals surface area contributed by atoms with Crippen molar-refractivity contribution in [1.29, 1.82) is 5.26 Å². The van der Waals surface area contributed by atoms with Gasteiger partial charge in [-0.05, 0) is 18.2 Å². The number of carbonyl (C=O) groups excluding carboxylic acids is 1. The molecule has 0 aliphatic carbocycles. The molecule has 0 aliphatic heterocycles. The Morgan fingerprint density at radius 2 is 2.04 bits per heavy atom. The highest BCUT2D eigenvalue weighted by molar-refractivity contribution is 7.17. The first-order valence-corrected chi connectivity index (χ1v) is 8.91. The summed E-state index contributed by atoms with van der Waals surface area (Å²) in [5.41, 5.74) is 2.69. The molecule has 7 heteroatoms. The molecular formula is C20H13N5OS. The first-order chi connectivity index (χ1) is 13.2. The Morgan fingerprint density at radius 3 is 2.78 bits per heavy atom. The van der Waals surface area contributed by atoms with Crippen LogP contribution in [-0.4, -0.2) is 20.4 Å². The van der Waals surface area contributed by atoms with E-state index in [1.807, 2.05) is 30.3 Å². The standard InChI is InChI=1S/C20H13N5OS/c21-11-14-6-7-17(25-9-8-22-13-25)16(10-14)24-19(26)18-12-23-20(27-18)15-4-2-1-3-5-15/h1-10,12-13H,(H,24,26). The lowest BCUT2D eigenvalue weighted by atomic mass is 10.2. The number of aromatic nitrogens is 3. The van der Waals surface area contributed by atoms with Crippen LogP contribution in [0, 0.1) is 11.3 Å². The van der Waals surface area contributed by atoms with Crippen molar-refractivity contribution in [1.82, 2.24) is 14.5 Å². The van der Waals surface area contributed by atoms with Gasteiger partial charge in [-0.3, -0.25) is 4.79 Å². The first-order valence-electron chi connectivity index (χ1n) is 8.09. The average molecular weight is 371 g/mol. The van der Waals surface area contributed by atoms with Gasteiger partial charge in [0.2, 0.25) is 0 Å². The number of carbonyl (C=O) groups is 1. The molecule has 4 rings (SSSR count). The minimum atomic E-state index is -0.272. The van der Waals surface area contributed by atoms with Gasteiger partial charge in [0.25, 0.3) is 5.91 Å². The maximum atomic E-state index is 12.7. The topological polar surface area (TPSA) is 83.6 Å². The van der Waals surface area contributed by atoms with Gasteiger partial charge in [-0.2, -0.15) is 5.26 Å². The quantitative estimate of drug-likeness (QED) is 0.585. The lowest BCUT2D eigenvalue weighted by Gasteiger charge is -2.11. The predicted octanol–water partition coefficient (Wildman–Crippen LogP) is 4.12. The largest absolute Gasteiger partial charge is 0.319 e. The van der Waals surface area contributed by atoms with Crippen LogP contribution in [0.25, 0.3) is 16.3 Å². The van der Waals surface area contributed by atoms with Gasteiger partial charge in [0, 0.05) is 18.0 Å². The van der Waals surface area contributed by atoms with Crippen LogP contribution in [0.4, 0.5) is 5.69 Å². The zero-order valence-corrected chi connectivity index (χ0v) is 14.9. The lowest BCUT2D eigenvalue weighted by Crippen LogP contribution is -2.12. The third-order valence-electron chi connectivity index (χ3n) is 3.91. The molecule has 27 heavy (non-hydrogen) atoms. The highest BCUT2D eigenvalue weighted by Gasteiger charge is 2.15. The number of hydrogen-bond donors (Lipinski definition) is 1. The van der Waals surface area contributed by atoms with E-state index in [-0.39, 0.29) is 5.91 Å². The van der Waals surface area contributed by atoms with E-state index in [1.54, 1.807) is 47.7 Å². The highest BCUT2D eigenvalue weighted by atomic mass is 32.1. The number of nitriles is 1. The summed E-state index contributed by atoms with van der Waals surface area (Å²) >= 11 is 1.32. The van der Waals surface area contributed by atoms with Crippen molar-refractivity contribution in [3.8, 4) is 22.3 Å². The van der Waals surface area contributed by atoms with Crippen LogP contribution in [0.5, 0.6) is 0 Å². The Hall–Kier alpha value is -3.76. The number of nitrogens with one attached hydrogen (secondary N) is 1. The van der Waals surface area contributed by atoms with Crippen molar-refractivity contribution in [2.45, 2.75) is 0 Å². The summed E-state index contributed by atoms with van der Waals surface area (Å²) in [6, 6.07) is 16.9. The molecule has 2 aromatic heterocycles. The molecule has 2 heterocycles. The van der Waals surface area contributed by atoms with Gasteiger partial charge in [-0.1, -0.05) is 30.3 Å². The fourth-order valence-corrected chi connectivity index (χ4v) is 3.43. The summed E-state index contributed by atoms with van der Waals surface area (Å²) in [6.45, 7) is 0. The van der Waals surface area contributed by atoms with Crippen molar-refractivity contribution in [3.05, 3.63) is 83.9 Å². The molecular weight excluding hydrogens is 358 g/mol. The summed E-state index contributed by atoms with van der Waals surface area (Å²) < 4.78 is 1.78. The van der Waals surface area contributed by atoms with Crippen LogP contribution < -0.4 is 5.32 Å². The van der Waals surface area contributed by atoms with Crippen LogP contribution in [-0.2, 0) is 0 Å². The Kier molecular flexibility index (Phi) is 4.47. The van der Waals surface area contributed by atoms with Crippen LogP contribution in [0.3, 0.4) is 0 Å². The van der Waals surface area contributed by atoms with Crippen molar-refractivity contribution >= 4 is 22.9 Å². The molecule has 0 spiro atoms. The summed E-state index contributed by atoms with van der Waals surface area (Å²) in [6.07, 6.45) is 6.63. The van der Waals surface area contributed by atoms with Crippen molar-refractivity contribution in [2.75, 3.05) is 5.32 Å². The second kappa shape index (κ2) is 7.23. The van der Waals surface area contributed by atoms with E-state index in [2.05, 4.69) is 21.4 Å². The molecule has 4 aromatic rings. The maximum Gasteiger partial charge on any atom is 0.267 e. The molecule has 0 unspecified atom stereocenters. The Morgan fingerprint density at radius 1 is 1.19 bits per heavy atom. The van der Waals surface area contributed by atoms with Crippen molar-refractivity contribution < 1.29 is 4.79 Å². The molecule has 0 fully saturated rings. The highest BCUT2D eigenvalue weighted by Crippen LogP contribution is 2.27. The van der Waals surface area contributed by atoms with Gasteiger partial charge in [0.1, 0.15) is 9.88 Å². The summed E-state index contributed by atoms with van der Waals surface area (Å²) in [4.78, 5) is 21.6. The zero-order chi connectivity index (χ0) is 18.6. The Bertz CT molecular complexity index is 1130. The molecule has 6 nitrogen and oxygen atoms in total. The molecule has 0 saturated carbocycles.